The Morgan fingerprint density at radius 3 is 2.52 bits per heavy atom. The third-order valence-electron chi connectivity index (χ3n) is 4.65. The van der Waals surface area contributed by atoms with Crippen LogP contribution in [0.4, 0.5) is 25.0 Å². The van der Waals surface area contributed by atoms with Gasteiger partial charge in [0.15, 0.2) is 11.6 Å². The smallest absolute Gasteiger partial charge is 0.321 e. The number of halogens is 3. The molecule has 2 amide bonds. The van der Waals surface area contributed by atoms with Crippen molar-refractivity contribution in [2.24, 2.45) is 0 Å². The topological polar surface area (TPSA) is 35.6 Å². The lowest BCUT2D eigenvalue weighted by Gasteiger charge is -2.29. The zero-order valence-corrected chi connectivity index (χ0v) is 15.9. The van der Waals surface area contributed by atoms with Crippen molar-refractivity contribution in [2.75, 3.05) is 30.4 Å². The van der Waals surface area contributed by atoms with Gasteiger partial charge in [-0.1, -0.05) is 17.7 Å². The van der Waals surface area contributed by atoms with Crippen LogP contribution in [0.15, 0.2) is 36.4 Å². The van der Waals surface area contributed by atoms with Gasteiger partial charge < -0.3 is 15.1 Å². The number of urea groups is 1. The summed E-state index contributed by atoms with van der Waals surface area (Å²) in [5, 5.41) is 3.37. The summed E-state index contributed by atoms with van der Waals surface area (Å²) in [7, 11) is 1.58. The van der Waals surface area contributed by atoms with Crippen LogP contribution in [-0.4, -0.2) is 31.1 Å². The SMILES string of the molecule is CN(Cc1ccc(F)c(F)c1)C(=O)Nc1ccc(N2CCCCC2)c(Cl)c1. The fourth-order valence-corrected chi connectivity index (χ4v) is 3.48. The number of amides is 2. The molecule has 27 heavy (non-hydrogen) atoms. The minimum atomic E-state index is -0.929. The molecule has 7 heteroatoms. The predicted octanol–water partition coefficient (Wildman–Crippen LogP) is 5.27. The van der Waals surface area contributed by atoms with Crippen molar-refractivity contribution in [2.45, 2.75) is 25.8 Å². The molecule has 144 valence electrons. The zero-order valence-electron chi connectivity index (χ0n) is 15.1. The Kier molecular flexibility index (Phi) is 6.16. The first-order valence-electron chi connectivity index (χ1n) is 8.94. The van der Waals surface area contributed by atoms with Crippen LogP contribution in [0.3, 0.4) is 0 Å². The van der Waals surface area contributed by atoms with Crippen LogP contribution in [0.5, 0.6) is 0 Å². The van der Waals surface area contributed by atoms with E-state index in [2.05, 4.69) is 10.2 Å². The third kappa shape index (κ3) is 4.89. The number of anilines is 2. The number of benzene rings is 2. The standard InChI is InChI=1S/C20H22ClF2N3O/c1-25(13-14-5-7-17(22)18(23)11-14)20(27)24-15-6-8-19(16(21)12-15)26-9-3-2-4-10-26/h5-8,11-12H,2-4,9-10,13H2,1H3,(H,24,27). The van der Waals surface area contributed by atoms with Gasteiger partial charge in [-0.15, -0.1) is 0 Å². The van der Waals surface area contributed by atoms with Gasteiger partial charge >= 0.3 is 6.03 Å². The van der Waals surface area contributed by atoms with Gasteiger partial charge in [0.1, 0.15) is 0 Å². The fraction of sp³-hybridized carbons (Fsp3) is 0.350. The molecule has 1 fully saturated rings. The maximum absolute atomic E-state index is 13.3. The van der Waals surface area contributed by atoms with Crippen LogP contribution < -0.4 is 10.2 Å². The molecule has 2 aromatic rings. The highest BCUT2D eigenvalue weighted by atomic mass is 35.5. The first-order chi connectivity index (χ1) is 12.9. The zero-order chi connectivity index (χ0) is 19.4. The first-order valence-corrected chi connectivity index (χ1v) is 9.32. The highest BCUT2D eigenvalue weighted by molar-refractivity contribution is 6.33. The molecule has 2 aromatic carbocycles. The van der Waals surface area contributed by atoms with Crippen LogP contribution >= 0.6 is 11.6 Å². The Morgan fingerprint density at radius 2 is 1.85 bits per heavy atom. The van der Waals surface area contributed by atoms with E-state index in [-0.39, 0.29) is 12.6 Å². The molecule has 0 bridgehead atoms. The van der Waals surface area contributed by atoms with E-state index in [0.29, 0.717) is 16.3 Å². The molecule has 1 saturated heterocycles. The number of carbonyl (C=O) groups excluding carboxylic acids is 1. The Labute approximate surface area is 162 Å². The molecule has 4 nitrogen and oxygen atoms in total. The summed E-state index contributed by atoms with van der Waals surface area (Å²) in [6.07, 6.45) is 3.56. The van der Waals surface area contributed by atoms with E-state index < -0.39 is 11.6 Å². The predicted molar refractivity (Wildman–Crippen MR) is 104 cm³/mol. The summed E-state index contributed by atoms with van der Waals surface area (Å²) >= 11 is 6.40. The summed E-state index contributed by atoms with van der Waals surface area (Å²) in [4.78, 5) is 16.0. The second-order valence-corrected chi connectivity index (χ2v) is 7.16. The molecule has 1 aliphatic heterocycles. The summed E-state index contributed by atoms with van der Waals surface area (Å²) in [5.74, 6) is -1.84. The molecule has 0 atom stereocenters. The van der Waals surface area contributed by atoms with Crippen molar-refractivity contribution < 1.29 is 13.6 Å². The lowest BCUT2D eigenvalue weighted by molar-refractivity contribution is 0.220. The molecular formula is C20H22ClF2N3O. The Hall–Kier alpha value is -2.34. The Morgan fingerprint density at radius 1 is 1.11 bits per heavy atom. The van der Waals surface area contributed by atoms with E-state index in [0.717, 1.165) is 43.8 Å². The number of hydrogen-bond donors (Lipinski definition) is 1. The number of hydrogen-bond acceptors (Lipinski definition) is 2. The summed E-state index contributed by atoms with van der Waals surface area (Å²) in [6, 6.07) is 8.69. The minimum Gasteiger partial charge on any atom is -0.370 e. The third-order valence-corrected chi connectivity index (χ3v) is 4.95. The number of nitrogens with one attached hydrogen (secondary N) is 1. The minimum absolute atomic E-state index is 0.155. The van der Waals surface area contributed by atoms with E-state index in [4.69, 9.17) is 11.6 Å². The van der Waals surface area contributed by atoms with E-state index in [1.54, 1.807) is 13.1 Å². The maximum Gasteiger partial charge on any atom is 0.321 e. The van der Waals surface area contributed by atoms with Crippen molar-refractivity contribution in [3.05, 3.63) is 58.6 Å². The summed E-state index contributed by atoms with van der Waals surface area (Å²) in [5.41, 5.74) is 2.07. The van der Waals surface area contributed by atoms with E-state index in [1.165, 1.54) is 17.4 Å². The number of nitrogens with zero attached hydrogens (tertiary/aromatic N) is 2. The van der Waals surface area contributed by atoms with Gasteiger partial charge in [-0.3, -0.25) is 0 Å². The van der Waals surface area contributed by atoms with Gasteiger partial charge in [-0.2, -0.15) is 0 Å². The van der Waals surface area contributed by atoms with Crippen LogP contribution in [0.25, 0.3) is 0 Å². The van der Waals surface area contributed by atoms with Gasteiger partial charge in [0.25, 0.3) is 0 Å². The monoisotopic (exact) mass is 393 g/mol. The summed E-state index contributed by atoms with van der Waals surface area (Å²) < 4.78 is 26.3. The molecule has 0 spiro atoms. The molecule has 1 N–H and O–H groups in total. The highest BCUT2D eigenvalue weighted by Crippen LogP contribution is 2.31. The molecule has 1 aliphatic rings. The number of carbonyl (C=O) groups is 1. The van der Waals surface area contributed by atoms with E-state index in [9.17, 15) is 13.6 Å². The Bertz CT molecular complexity index is 825. The van der Waals surface area contributed by atoms with Crippen molar-refractivity contribution in [1.29, 1.82) is 0 Å². The molecule has 0 unspecified atom stereocenters. The lowest BCUT2D eigenvalue weighted by Crippen LogP contribution is -2.31. The van der Waals surface area contributed by atoms with Crippen LogP contribution in [-0.2, 0) is 6.54 Å². The van der Waals surface area contributed by atoms with Crippen molar-refractivity contribution in [3.63, 3.8) is 0 Å². The largest absolute Gasteiger partial charge is 0.370 e. The summed E-state index contributed by atoms with van der Waals surface area (Å²) in [6.45, 7) is 2.13. The molecule has 0 aromatic heterocycles. The van der Waals surface area contributed by atoms with Gasteiger partial charge in [-0.05, 0) is 55.2 Å². The van der Waals surface area contributed by atoms with Gasteiger partial charge in [0.2, 0.25) is 0 Å². The molecule has 0 aliphatic carbocycles. The first kappa shape index (κ1) is 19.4. The maximum atomic E-state index is 13.3. The van der Waals surface area contributed by atoms with Crippen molar-refractivity contribution in [3.8, 4) is 0 Å². The van der Waals surface area contributed by atoms with E-state index in [1.807, 2.05) is 12.1 Å². The number of rotatable bonds is 4. The van der Waals surface area contributed by atoms with Gasteiger partial charge in [0, 0.05) is 32.4 Å². The normalized spacial score (nSPS) is 14.1. The fourth-order valence-electron chi connectivity index (χ4n) is 3.18. The van der Waals surface area contributed by atoms with Gasteiger partial charge in [-0.25, -0.2) is 13.6 Å². The average Bonchev–Trinajstić information content (AvgIpc) is 2.65. The second-order valence-electron chi connectivity index (χ2n) is 6.75. The van der Waals surface area contributed by atoms with E-state index >= 15 is 0 Å². The molecule has 1 heterocycles. The van der Waals surface area contributed by atoms with Crippen LogP contribution in [0.1, 0.15) is 24.8 Å². The molecular weight excluding hydrogens is 372 g/mol. The van der Waals surface area contributed by atoms with Crippen LogP contribution in [0.2, 0.25) is 5.02 Å². The Balaban J connectivity index is 1.62. The second kappa shape index (κ2) is 8.57. The highest BCUT2D eigenvalue weighted by Gasteiger charge is 2.16. The van der Waals surface area contributed by atoms with Crippen molar-refractivity contribution in [1.82, 2.24) is 4.90 Å². The molecule has 3 rings (SSSR count). The van der Waals surface area contributed by atoms with Gasteiger partial charge in [0.05, 0.1) is 10.7 Å². The lowest BCUT2D eigenvalue weighted by atomic mass is 10.1. The average molecular weight is 394 g/mol. The van der Waals surface area contributed by atoms with Crippen LogP contribution in [0, 0.1) is 11.6 Å². The quantitative estimate of drug-likeness (QED) is 0.767. The number of piperidine rings is 1. The molecule has 0 radical (unpaired) electrons. The molecule has 0 saturated carbocycles. The van der Waals surface area contributed by atoms with Crippen molar-refractivity contribution >= 4 is 29.0 Å².